The average molecular weight is 210 g/mol. The van der Waals surface area contributed by atoms with E-state index in [0.717, 1.165) is 31.8 Å². The molecule has 2 aliphatic rings. The summed E-state index contributed by atoms with van der Waals surface area (Å²) < 4.78 is 0. The van der Waals surface area contributed by atoms with Crippen molar-refractivity contribution in [2.75, 3.05) is 20.1 Å². The molecule has 0 aliphatic heterocycles. The van der Waals surface area contributed by atoms with E-state index in [2.05, 4.69) is 10.6 Å². The van der Waals surface area contributed by atoms with Crippen LogP contribution >= 0.6 is 0 Å². The van der Waals surface area contributed by atoms with Crippen LogP contribution < -0.4 is 10.6 Å². The summed E-state index contributed by atoms with van der Waals surface area (Å²) in [6.07, 6.45) is 7.43. The minimum Gasteiger partial charge on any atom is -0.355 e. The van der Waals surface area contributed by atoms with E-state index in [1.165, 1.54) is 25.7 Å². The van der Waals surface area contributed by atoms with Gasteiger partial charge in [0.25, 0.3) is 0 Å². The first kappa shape index (κ1) is 10.9. The van der Waals surface area contributed by atoms with E-state index in [1.54, 1.807) is 0 Å². The number of amides is 1. The van der Waals surface area contributed by atoms with Gasteiger partial charge in [-0.05, 0) is 38.6 Å². The van der Waals surface area contributed by atoms with Gasteiger partial charge in [0.15, 0.2) is 0 Å². The second kappa shape index (κ2) is 4.52. The van der Waals surface area contributed by atoms with E-state index in [-0.39, 0.29) is 11.3 Å². The molecule has 2 N–H and O–H groups in total. The molecule has 0 atom stereocenters. The van der Waals surface area contributed by atoms with E-state index >= 15 is 0 Å². The molecule has 0 unspecified atom stereocenters. The minimum absolute atomic E-state index is 0.0483. The molecule has 2 aliphatic carbocycles. The maximum atomic E-state index is 11.9. The van der Waals surface area contributed by atoms with Crippen LogP contribution in [-0.2, 0) is 4.79 Å². The summed E-state index contributed by atoms with van der Waals surface area (Å²) in [7, 11) is 1.92. The van der Waals surface area contributed by atoms with Gasteiger partial charge in [-0.1, -0.05) is 12.8 Å². The molecule has 0 aromatic carbocycles. The number of carbonyl (C=O) groups is 1. The summed E-state index contributed by atoms with van der Waals surface area (Å²) in [5, 5.41) is 6.25. The van der Waals surface area contributed by atoms with Crippen LogP contribution in [-0.4, -0.2) is 26.0 Å². The molecule has 1 amide bonds. The zero-order chi connectivity index (χ0) is 10.7. The maximum Gasteiger partial charge on any atom is 0.227 e. The van der Waals surface area contributed by atoms with Crippen LogP contribution in [0.25, 0.3) is 0 Å². The quantitative estimate of drug-likeness (QED) is 0.718. The highest BCUT2D eigenvalue weighted by Crippen LogP contribution is 2.45. The predicted octanol–water partition coefficient (Wildman–Crippen LogP) is 1.29. The summed E-state index contributed by atoms with van der Waals surface area (Å²) in [4.78, 5) is 11.9. The second-order valence-electron chi connectivity index (χ2n) is 5.17. The monoisotopic (exact) mass is 210 g/mol. The van der Waals surface area contributed by atoms with Gasteiger partial charge in [-0.3, -0.25) is 4.79 Å². The molecule has 0 aromatic rings. The van der Waals surface area contributed by atoms with Gasteiger partial charge in [0.05, 0.1) is 5.41 Å². The Morgan fingerprint density at radius 1 is 1.33 bits per heavy atom. The fraction of sp³-hybridized carbons (Fsp3) is 0.917. The van der Waals surface area contributed by atoms with Crippen LogP contribution in [0.4, 0.5) is 0 Å². The molecule has 86 valence electrons. The lowest BCUT2D eigenvalue weighted by Crippen LogP contribution is -2.39. The molecule has 0 saturated heterocycles. The third-order valence-electron chi connectivity index (χ3n) is 3.88. The lowest BCUT2D eigenvalue weighted by Gasteiger charge is -2.16. The Kier molecular flexibility index (Phi) is 3.29. The van der Waals surface area contributed by atoms with Crippen molar-refractivity contribution < 1.29 is 4.79 Å². The fourth-order valence-electron chi connectivity index (χ4n) is 2.61. The van der Waals surface area contributed by atoms with Crippen molar-refractivity contribution in [1.29, 1.82) is 0 Å². The van der Waals surface area contributed by atoms with E-state index in [9.17, 15) is 4.79 Å². The Morgan fingerprint density at radius 3 is 2.53 bits per heavy atom. The van der Waals surface area contributed by atoms with Gasteiger partial charge in [-0.2, -0.15) is 0 Å². The summed E-state index contributed by atoms with van der Waals surface area (Å²) in [6.45, 7) is 1.74. The number of nitrogens with one attached hydrogen (secondary N) is 2. The Hall–Kier alpha value is -0.570. The predicted molar refractivity (Wildman–Crippen MR) is 60.6 cm³/mol. The van der Waals surface area contributed by atoms with E-state index in [4.69, 9.17) is 0 Å². The maximum absolute atomic E-state index is 11.9. The van der Waals surface area contributed by atoms with Crippen LogP contribution in [0.2, 0.25) is 0 Å². The molecule has 3 heteroatoms. The van der Waals surface area contributed by atoms with Gasteiger partial charge in [0.2, 0.25) is 5.91 Å². The van der Waals surface area contributed by atoms with Gasteiger partial charge in [0, 0.05) is 13.1 Å². The third-order valence-corrected chi connectivity index (χ3v) is 3.88. The van der Waals surface area contributed by atoms with Crippen LogP contribution in [0.15, 0.2) is 0 Å². The van der Waals surface area contributed by atoms with Crippen molar-refractivity contribution in [2.45, 2.75) is 38.5 Å². The first-order valence-corrected chi connectivity index (χ1v) is 6.20. The molecule has 3 nitrogen and oxygen atoms in total. The summed E-state index contributed by atoms with van der Waals surface area (Å²) in [5.41, 5.74) is -0.0483. The molecule has 0 aromatic heterocycles. The Labute approximate surface area is 92.0 Å². The largest absolute Gasteiger partial charge is 0.355 e. The molecule has 0 spiro atoms. The first-order valence-electron chi connectivity index (χ1n) is 6.20. The highest BCUT2D eigenvalue weighted by atomic mass is 16.2. The highest BCUT2D eigenvalue weighted by molar-refractivity contribution is 5.85. The number of hydrogen-bond donors (Lipinski definition) is 2. The Balaban J connectivity index is 1.72. The standard InChI is InChI=1S/C12H22N2O/c1-13-9-12(6-7-12)11(15)14-8-10-4-2-3-5-10/h10,13H,2-9H2,1H3,(H,14,15). The number of hydrogen-bond acceptors (Lipinski definition) is 2. The zero-order valence-electron chi connectivity index (χ0n) is 9.64. The average Bonchev–Trinajstić information content (AvgIpc) is 2.83. The van der Waals surface area contributed by atoms with Gasteiger partial charge < -0.3 is 10.6 Å². The highest BCUT2D eigenvalue weighted by Gasteiger charge is 2.48. The fourth-order valence-corrected chi connectivity index (χ4v) is 2.61. The summed E-state index contributed by atoms with van der Waals surface area (Å²) in [5.74, 6) is 1.03. The molecule has 0 radical (unpaired) electrons. The number of carbonyl (C=O) groups excluding carboxylic acids is 1. The molecule has 2 saturated carbocycles. The molecular formula is C12H22N2O. The van der Waals surface area contributed by atoms with Gasteiger partial charge in [0.1, 0.15) is 0 Å². The smallest absolute Gasteiger partial charge is 0.227 e. The van der Waals surface area contributed by atoms with Crippen LogP contribution in [0, 0.1) is 11.3 Å². The van der Waals surface area contributed by atoms with E-state index in [0.29, 0.717) is 0 Å². The van der Waals surface area contributed by atoms with Crippen molar-refractivity contribution in [1.82, 2.24) is 10.6 Å². The SMILES string of the molecule is CNCC1(C(=O)NCC2CCCC2)CC1. The topological polar surface area (TPSA) is 41.1 Å². The van der Waals surface area contributed by atoms with E-state index in [1.807, 2.05) is 7.05 Å². The molecule has 2 rings (SSSR count). The third kappa shape index (κ3) is 2.51. The van der Waals surface area contributed by atoms with Crippen LogP contribution in [0.1, 0.15) is 38.5 Å². The van der Waals surface area contributed by atoms with Gasteiger partial charge in [-0.15, -0.1) is 0 Å². The summed E-state index contributed by atoms with van der Waals surface area (Å²) >= 11 is 0. The minimum atomic E-state index is -0.0483. The second-order valence-corrected chi connectivity index (χ2v) is 5.17. The first-order chi connectivity index (χ1) is 7.27. The van der Waals surface area contributed by atoms with Crippen molar-refractivity contribution in [3.8, 4) is 0 Å². The van der Waals surface area contributed by atoms with E-state index < -0.39 is 0 Å². The van der Waals surface area contributed by atoms with Crippen LogP contribution in [0.5, 0.6) is 0 Å². The number of rotatable bonds is 5. The Bertz CT molecular complexity index is 230. The zero-order valence-corrected chi connectivity index (χ0v) is 9.64. The normalized spacial score (nSPS) is 24.1. The molecule has 0 bridgehead atoms. The Morgan fingerprint density at radius 2 is 2.00 bits per heavy atom. The van der Waals surface area contributed by atoms with Gasteiger partial charge >= 0.3 is 0 Å². The lowest BCUT2D eigenvalue weighted by atomic mass is 10.0. The van der Waals surface area contributed by atoms with Crippen molar-refractivity contribution in [3.05, 3.63) is 0 Å². The molecule has 2 fully saturated rings. The van der Waals surface area contributed by atoms with Crippen molar-refractivity contribution in [3.63, 3.8) is 0 Å². The molecule has 15 heavy (non-hydrogen) atoms. The molecule has 0 heterocycles. The van der Waals surface area contributed by atoms with Crippen molar-refractivity contribution >= 4 is 5.91 Å². The van der Waals surface area contributed by atoms with Crippen LogP contribution in [0.3, 0.4) is 0 Å². The lowest BCUT2D eigenvalue weighted by molar-refractivity contribution is -0.126. The van der Waals surface area contributed by atoms with Gasteiger partial charge in [-0.25, -0.2) is 0 Å². The van der Waals surface area contributed by atoms with Crippen molar-refractivity contribution in [2.24, 2.45) is 11.3 Å². The molecular weight excluding hydrogens is 188 g/mol. The summed E-state index contributed by atoms with van der Waals surface area (Å²) in [6, 6.07) is 0.